The van der Waals surface area contributed by atoms with E-state index in [0.29, 0.717) is 18.5 Å². The average molecular weight is 464 g/mol. The van der Waals surface area contributed by atoms with Crippen molar-refractivity contribution < 1.29 is 13.2 Å². The van der Waals surface area contributed by atoms with Crippen molar-refractivity contribution in [2.24, 2.45) is 0 Å². The number of amides is 1. The standard InChI is InChI=1S/C22H26BrNO3S/c1-22(2,3)18-8-4-16(5-9-18)14-24(20-12-13-28(26,27)15-20)21(25)17-6-10-19(23)11-7-17/h4-11,20H,12-15H2,1-3H3/t20-/m1/s1. The fraction of sp³-hybridized carbons (Fsp3) is 0.409. The van der Waals surface area contributed by atoms with Gasteiger partial charge in [0.25, 0.3) is 5.91 Å². The van der Waals surface area contributed by atoms with E-state index in [9.17, 15) is 13.2 Å². The van der Waals surface area contributed by atoms with Gasteiger partial charge in [-0.15, -0.1) is 0 Å². The number of hydrogen-bond acceptors (Lipinski definition) is 3. The molecule has 1 aliphatic heterocycles. The van der Waals surface area contributed by atoms with E-state index in [2.05, 4.69) is 48.8 Å². The van der Waals surface area contributed by atoms with Crippen LogP contribution in [-0.4, -0.2) is 36.8 Å². The molecule has 1 heterocycles. The summed E-state index contributed by atoms with van der Waals surface area (Å²) in [7, 11) is -3.08. The summed E-state index contributed by atoms with van der Waals surface area (Å²) in [5, 5.41) is 0. The molecule has 0 spiro atoms. The lowest BCUT2D eigenvalue weighted by molar-refractivity contribution is 0.0681. The van der Waals surface area contributed by atoms with Gasteiger partial charge in [-0.1, -0.05) is 61.0 Å². The van der Waals surface area contributed by atoms with Gasteiger partial charge in [-0.05, 0) is 47.2 Å². The Labute approximate surface area is 176 Å². The van der Waals surface area contributed by atoms with E-state index in [4.69, 9.17) is 0 Å². The van der Waals surface area contributed by atoms with Crippen LogP contribution >= 0.6 is 15.9 Å². The van der Waals surface area contributed by atoms with E-state index in [1.807, 2.05) is 24.3 Å². The highest BCUT2D eigenvalue weighted by Crippen LogP contribution is 2.25. The number of carbonyl (C=O) groups is 1. The van der Waals surface area contributed by atoms with E-state index in [1.165, 1.54) is 5.56 Å². The SMILES string of the molecule is CC(C)(C)c1ccc(CN(C(=O)c2ccc(Br)cc2)[C@@H]2CCS(=O)(=O)C2)cc1. The number of benzene rings is 2. The second-order valence-corrected chi connectivity index (χ2v) is 11.6. The molecule has 0 radical (unpaired) electrons. The summed E-state index contributed by atoms with van der Waals surface area (Å²) in [6, 6.07) is 15.1. The van der Waals surface area contributed by atoms with Crippen molar-refractivity contribution in [2.45, 2.75) is 45.2 Å². The molecular formula is C22H26BrNO3S. The van der Waals surface area contributed by atoms with Crippen molar-refractivity contribution in [3.05, 3.63) is 69.7 Å². The molecule has 2 aromatic rings. The predicted molar refractivity (Wildman–Crippen MR) is 116 cm³/mol. The lowest BCUT2D eigenvalue weighted by Gasteiger charge is -2.29. The van der Waals surface area contributed by atoms with Crippen molar-refractivity contribution >= 4 is 31.7 Å². The Morgan fingerprint density at radius 3 is 2.18 bits per heavy atom. The molecule has 1 aliphatic rings. The van der Waals surface area contributed by atoms with E-state index in [0.717, 1.165) is 10.0 Å². The molecule has 1 atom stereocenters. The maximum Gasteiger partial charge on any atom is 0.254 e. The van der Waals surface area contributed by atoms with Crippen molar-refractivity contribution in [2.75, 3.05) is 11.5 Å². The van der Waals surface area contributed by atoms with Gasteiger partial charge < -0.3 is 4.90 Å². The molecule has 4 nitrogen and oxygen atoms in total. The summed E-state index contributed by atoms with van der Waals surface area (Å²) in [5.41, 5.74) is 2.86. The molecule has 0 unspecified atom stereocenters. The smallest absolute Gasteiger partial charge is 0.254 e. The zero-order chi connectivity index (χ0) is 20.5. The summed E-state index contributed by atoms with van der Waals surface area (Å²) >= 11 is 3.39. The molecule has 1 amide bonds. The van der Waals surface area contributed by atoms with Crippen LogP contribution in [0.2, 0.25) is 0 Å². The Bertz CT molecular complexity index is 945. The number of sulfone groups is 1. The van der Waals surface area contributed by atoms with Gasteiger partial charge in [0.2, 0.25) is 0 Å². The number of halogens is 1. The first-order valence-electron chi connectivity index (χ1n) is 9.41. The number of hydrogen-bond donors (Lipinski definition) is 0. The van der Waals surface area contributed by atoms with E-state index < -0.39 is 9.84 Å². The molecule has 1 fully saturated rings. The Balaban J connectivity index is 1.88. The first kappa shape index (κ1) is 21.1. The van der Waals surface area contributed by atoms with Gasteiger partial charge in [0.05, 0.1) is 11.5 Å². The summed E-state index contributed by atoms with van der Waals surface area (Å²) in [5.74, 6) is 0.0505. The minimum Gasteiger partial charge on any atom is -0.330 e. The summed E-state index contributed by atoms with van der Waals surface area (Å²) in [6.45, 7) is 6.89. The molecule has 6 heteroatoms. The van der Waals surface area contributed by atoms with Gasteiger partial charge in [0.15, 0.2) is 9.84 Å². The molecule has 150 valence electrons. The highest BCUT2D eigenvalue weighted by molar-refractivity contribution is 9.10. The summed E-state index contributed by atoms with van der Waals surface area (Å²) in [4.78, 5) is 14.9. The monoisotopic (exact) mass is 463 g/mol. The number of nitrogens with zero attached hydrogens (tertiary/aromatic N) is 1. The fourth-order valence-electron chi connectivity index (χ4n) is 3.45. The molecular weight excluding hydrogens is 438 g/mol. The summed E-state index contributed by atoms with van der Waals surface area (Å²) < 4.78 is 24.9. The topological polar surface area (TPSA) is 54.5 Å². The number of rotatable bonds is 4. The Hall–Kier alpha value is -1.66. The maximum atomic E-state index is 13.2. The molecule has 1 saturated heterocycles. The first-order valence-corrected chi connectivity index (χ1v) is 12.0. The van der Waals surface area contributed by atoms with Crippen LogP contribution in [0.25, 0.3) is 0 Å². The lowest BCUT2D eigenvalue weighted by atomic mass is 9.86. The Kier molecular flexibility index (Phi) is 6.01. The highest BCUT2D eigenvalue weighted by atomic mass is 79.9. The summed E-state index contributed by atoms with van der Waals surface area (Å²) in [6.07, 6.45) is 0.491. The molecule has 2 aromatic carbocycles. The van der Waals surface area contributed by atoms with Crippen LogP contribution in [0.4, 0.5) is 0 Å². The quantitative estimate of drug-likeness (QED) is 0.666. The van der Waals surface area contributed by atoms with Gasteiger partial charge in [-0.3, -0.25) is 4.79 Å². The molecule has 0 aliphatic carbocycles. The van der Waals surface area contributed by atoms with Crippen molar-refractivity contribution in [3.63, 3.8) is 0 Å². The van der Waals surface area contributed by atoms with E-state index in [-0.39, 0.29) is 28.9 Å². The molecule has 28 heavy (non-hydrogen) atoms. The predicted octanol–water partition coefficient (Wildman–Crippen LogP) is 4.58. The van der Waals surface area contributed by atoms with Gasteiger partial charge in [0.1, 0.15) is 0 Å². The van der Waals surface area contributed by atoms with Crippen molar-refractivity contribution in [1.82, 2.24) is 4.90 Å². The minimum absolute atomic E-state index is 0.0370. The van der Waals surface area contributed by atoms with Crippen LogP contribution in [0, 0.1) is 0 Å². The van der Waals surface area contributed by atoms with E-state index in [1.54, 1.807) is 17.0 Å². The third-order valence-corrected chi connectivity index (χ3v) is 7.45. The maximum absolute atomic E-state index is 13.2. The van der Waals surface area contributed by atoms with Crippen LogP contribution in [-0.2, 0) is 21.8 Å². The molecule has 0 bridgehead atoms. The van der Waals surface area contributed by atoms with Crippen molar-refractivity contribution in [3.8, 4) is 0 Å². The van der Waals surface area contributed by atoms with E-state index >= 15 is 0 Å². The first-order chi connectivity index (χ1) is 13.0. The normalized spacial score (nSPS) is 18.8. The van der Waals surface area contributed by atoms with Gasteiger partial charge >= 0.3 is 0 Å². The molecule has 0 saturated carbocycles. The largest absolute Gasteiger partial charge is 0.330 e. The van der Waals surface area contributed by atoms with Crippen LogP contribution in [0.1, 0.15) is 48.7 Å². The molecule has 0 N–H and O–H groups in total. The minimum atomic E-state index is -3.08. The molecule has 0 aromatic heterocycles. The second-order valence-electron chi connectivity index (χ2n) is 8.44. The van der Waals surface area contributed by atoms with Crippen LogP contribution in [0.5, 0.6) is 0 Å². The number of carbonyl (C=O) groups excluding carboxylic acids is 1. The zero-order valence-electron chi connectivity index (χ0n) is 16.5. The highest BCUT2D eigenvalue weighted by Gasteiger charge is 2.35. The van der Waals surface area contributed by atoms with Crippen LogP contribution in [0.3, 0.4) is 0 Å². The van der Waals surface area contributed by atoms with Crippen LogP contribution in [0.15, 0.2) is 53.0 Å². The zero-order valence-corrected chi connectivity index (χ0v) is 18.9. The lowest BCUT2D eigenvalue weighted by Crippen LogP contribution is -2.40. The van der Waals surface area contributed by atoms with Crippen LogP contribution < -0.4 is 0 Å². The molecule has 3 rings (SSSR count). The van der Waals surface area contributed by atoms with Gasteiger partial charge in [0, 0.05) is 22.6 Å². The Morgan fingerprint density at radius 1 is 1.07 bits per heavy atom. The van der Waals surface area contributed by atoms with Crippen molar-refractivity contribution in [1.29, 1.82) is 0 Å². The average Bonchev–Trinajstić information content (AvgIpc) is 2.99. The third-order valence-electron chi connectivity index (χ3n) is 5.17. The fourth-order valence-corrected chi connectivity index (χ4v) is 5.45. The van der Waals surface area contributed by atoms with Gasteiger partial charge in [-0.25, -0.2) is 8.42 Å². The van der Waals surface area contributed by atoms with Gasteiger partial charge in [-0.2, -0.15) is 0 Å². The third kappa shape index (κ3) is 5.03. The second kappa shape index (κ2) is 7.99. The Morgan fingerprint density at radius 2 is 1.68 bits per heavy atom.